The van der Waals surface area contributed by atoms with E-state index in [0.717, 1.165) is 24.3 Å². The summed E-state index contributed by atoms with van der Waals surface area (Å²) in [6.45, 7) is 3.55. The lowest BCUT2D eigenvalue weighted by Gasteiger charge is -2.47. The van der Waals surface area contributed by atoms with Gasteiger partial charge in [0.15, 0.2) is 5.78 Å². The number of nitrogens with zero attached hydrogens (tertiary/aromatic N) is 3. The van der Waals surface area contributed by atoms with Crippen molar-refractivity contribution in [1.29, 1.82) is 0 Å². The fourth-order valence-electron chi connectivity index (χ4n) is 5.43. The Morgan fingerprint density at radius 3 is 2.38 bits per heavy atom. The molecular formula is C29H37F4N3O3. The number of piperidine rings is 1. The quantitative estimate of drug-likeness (QED) is 0.260. The van der Waals surface area contributed by atoms with E-state index < -0.39 is 42.2 Å². The van der Waals surface area contributed by atoms with Crippen LogP contribution in [-0.2, 0) is 4.79 Å². The molecule has 3 atom stereocenters. The van der Waals surface area contributed by atoms with Gasteiger partial charge in [0, 0.05) is 37.5 Å². The highest BCUT2D eigenvalue weighted by molar-refractivity contribution is 5.99. The molecule has 6 nitrogen and oxygen atoms in total. The third-order valence-corrected chi connectivity index (χ3v) is 7.46. The number of unbranched alkanes of at least 4 members (excludes halogenated alkanes) is 1. The summed E-state index contributed by atoms with van der Waals surface area (Å²) in [4.78, 5) is 31.9. The number of rotatable bonds is 10. The van der Waals surface area contributed by atoms with Crippen LogP contribution in [0.25, 0.3) is 0 Å². The van der Waals surface area contributed by atoms with Crippen LogP contribution in [-0.4, -0.2) is 91.0 Å². The van der Waals surface area contributed by atoms with E-state index in [1.807, 2.05) is 19.0 Å². The standard InChI is InChI=1S/C29H37F4N3O3/c1-19-22(11-8-12-24(19)30)27-23(28(39)20-9-7-10-21(37)15-20)17-36(14-6-5-13-34(2)3)18-25(27)35(4)26(38)16-29(31,32)33/h7-12,15,23,25,27,37H,5-6,13-14,16-18H2,1-4H3/t23-,25+,27-/m0/s1. The van der Waals surface area contributed by atoms with Crippen molar-refractivity contribution in [2.24, 2.45) is 5.92 Å². The van der Waals surface area contributed by atoms with Gasteiger partial charge in [-0.15, -0.1) is 0 Å². The first kappa shape index (κ1) is 30.6. The smallest absolute Gasteiger partial charge is 0.397 e. The van der Waals surface area contributed by atoms with E-state index in [2.05, 4.69) is 4.90 Å². The van der Waals surface area contributed by atoms with Gasteiger partial charge in [-0.3, -0.25) is 9.59 Å². The van der Waals surface area contributed by atoms with Gasteiger partial charge in [-0.2, -0.15) is 13.2 Å². The van der Waals surface area contributed by atoms with E-state index in [1.54, 1.807) is 25.1 Å². The van der Waals surface area contributed by atoms with Gasteiger partial charge < -0.3 is 19.8 Å². The number of likely N-dealkylation sites (N-methyl/N-ethyl adjacent to an activating group) is 1. The zero-order valence-electron chi connectivity index (χ0n) is 22.8. The third kappa shape index (κ3) is 8.02. The molecule has 1 aliphatic heterocycles. The van der Waals surface area contributed by atoms with Crippen molar-refractivity contribution < 1.29 is 32.3 Å². The molecule has 1 aliphatic rings. The molecule has 39 heavy (non-hydrogen) atoms. The van der Waals surface area contributed by atoms with Crippen molar-refractivity contribution in [3.05, 3.63) is 65.0 Å². The second kappa shape index (κ2) is 12.9. The first-order valence-corrected chi connectivity index (χ1v) is 13.1. The van der Waals surface area contributed by atoms with E-state index in [9.17, 15) is 32.3 Å². The predicted octanol–water partition coefficient (Wildman–Crippen LogP) is 4.86. The summed E-state index contributed by atoms with van der Waals surface area (Å²) in [5, 5.41) is 10.0. The lowest BCUT2D eigenvalue weighted by atomic mass is 9.72. The Balaban J connectivity index is 2.07. The molecule has 0 radical (unpaired) electrons. The number of amides is 1. The fourth-order valence-corrected chi connectivity index (χ4v) is 5.43. The Bertz CT molecular complexity index is 1150. The van der Waals surface area contributed by atoms with Crippen molar-refractivity contribution in [3.8, 4) is 5.75 Å². The molecule has 3 rings (SSSR count). The van der Waals surface area contributed by atoms with Crippen LogP contribution in [0, 0.1) is 18.7 Å². The number of Topliss-reactive ketones (excluding diaryl/α,β-unsaturated/α-hetero) is 1. The Morgan fingerprint density at radius 1 is 1.05 bits per heavy atom. The molecule has 0 aromatic heterocycles. The van der Waals surface area contributed by atoms with E-state index in [-0.39, 0.29) is 35.7 Å². The number of benzene rings is 2. The zero-order chi connectivity index (χ0) is 28.9. The molecular weight excluding hydrogens is 514 g/mol. The van der Waals surface area contributed by atoms with Gasteiger partial charge in [-0.05, 0) is 76.3 Å². The summed E-state index contributed by atoms with van der Waals surface area (Å²) in [7, 11) is 5.26. The minimum Gasteiger partial charge on any atom is -0.508 e. The average Bonchev–Trinajstić information content (AvgIpc) is 2.86. The number of carbonyl (C=O) groups excluding carboxylic acids is 2. The number of halogens is 4. The summed E-state index contributed by atoms with van der Waals surface area (Å²) in [6, 6.07) is 9.57. The van der Waals surface area contributed by atoms with Crippen LogP contribution in [0.15, 0.2) is 42.5 Å². The average molecular weight is 552 g/mol. The number of alkyl halides is 3. The fraction of sp³-hybridized carbons (Fsp3) is 0.517. The molecule has 10 heteroatoms. The first-order chi connectivity index (χ1) is 18.3. The molecule has 0 aliphatic carbocycles. The van der Waals surface area contributed by atoms with Crippen LogP contribution in [0.4, 0.5) is 17.6 Å². The summed E-state index contributed by atoms with van der Waals surface area (Å²) >= 11 is 0. The number of ketones is 1. The van der Waals surface area contributed by atoms with Crippen LogP contribution in [0.2, 0.25) is 0 Å². The monoisotopic (exact) mass is 551 g/mol. The second-order valence-corrected chi connectivity index (χ2v) is 10.6. The van der Waals surface area contributed by atoms with Crippen molar-refractivity contribution >= 4 is 11.7 Å². The number of phenols is 1. The number of hydrogen-bond donors (Lipinski definition) is 1. The highest BCUT2D eigenvalue weighted by Gasteiger charge is 2.46. The summed E-state index contributed by atoms with van der Waals surface area (Å²) < 4.78 is 54.3. The van der Waals surface area contributed by atoms with Gasteiger partial charge in [0.05, 0.1) is 6.04 Å². The highest BCUT2D eigenvalue weighted by atomic mass is 19.4. The van der Waals surface area contributed by atoms with Gasteiger partial charge in [-0.1, -0.05) is 24.3 Å². The van der Waals surface area contributed by atoms with Crippen LogP contribution in [0.5, 0.6) is 5.75 Å². The Morgan fingerprint density at radius 2 is 1.74 bits per heavy atom. The van der Waals surface area contributed by atoms with Crippen LogP contribution >= 0.6 is 0 Å². The van der Waals surface area contributed by atoms with E-state index in [4.69, 9.17) is 0 Å². The maximum absolute atomic E-state index is 14.7. The van der Waals surface area contributed by atoms with Crippen molar-refractivity contribution in [3.63, 3.8) is 0 Å². The molecule has 0 bridgehead atoms. The molecule has 1 amide bonds. The first-order valence-electron chi connectivity index (χ1n) is 13.1. The van der Waals surface area contributed by atoms with Gasteiger partial charge >= 0.3 is 6.18 Å². The number of likely N-dealkylation sites (tertiary alicyclic amines) is 1. The number of phenolic OH excluding ortho intramolecular Hbond substituents is 1. The minimum atomic E-state index is -4.69. The van der Waals surface area contributed by atoms with Crippen LogP contribution in [0.1, 0.15) is 46.7 Å². The number of carbonyl (C=O) groups is 2. The molecule has 2 aromatic carbocycles. The lowest BCUT2D eigenvalue weighted by molar-refractivity contribution is -0.163. The maximum atomic E-state index is 14.7. The summed E-state index contributed by atoms with van der Waals surface area (Å²) in [5.41, 5.74) is 1.02. The Kier molecular flexibility index (Phi) is 10.1. The SMILES string of the molecule is Cc1c(F)cccc1[C@H]1[C@@H](C(=O)c2cccc(O)c2)CN(CCCCN(C)C)C[C@H]1N(C)C(=O)CC(F)(F)F. The van der Waals surface area contributed by atoms with Crippen molar-refractivity contribution in [1.82, 2.24) is 14.7 Å². The highest BCUT2D eigenvalue weighted by Crippen LogP contribution is 2.40. The van der Waals surface area contributed by atoms with Crippen molar-refractivity contribution in [2.45, 2.75) is 44.3 Å². The molecule has 0 spiro atoms. The third-order valence-electron chi connectivity index (χ3n) is 7.46. The summed E-state index contributed by atoms with van der Waals surface area (Å²) in [6.07, 6.45) is -4.63. The van der Waals surface area contributed by atoms with Crippen LogP contribution < -0.4 is 0 Å². The van der Waals surface area contributed by atoms with Gasteiger partial charge in [0.2, 0.25) is 5.91 Å². The molecule has 2 aromatic rings. The Labute approximate surface area is 227 Å². The lowest BCUT2D eigenvalue weighted by Crippen LogP contribution is -2.57. The topological polar surface area (TPSA) is 64.1 Å². The van der Waals surface area contributed by atoms with Crippen LogP contribution in [0.3, 0.4) is 0 Å². The van der Waals surface area contributed by atoms with Gasteiger partial charge in [0.25, 0.3) is 0 Å². The second-order valence-electron chi connectivity index (χ2n) is 10.6. The molecule has 0 unspecified atom stereocenters. The molecule has 1 N–H and O–H groups in total. The van der Waals surface area contributed by atoms with Gasteiger partial charge in [-0.25, -0.2) is 4.39 Å². The largest absolute Gasteiger partial charge is 0.508 e. The van der Waals surface area contributed by atoms with E-state index >= 15 is 0 Å². The van der Waals surface area contributed by atoms with Crippen molar-refractivity contribution in [2.75, 3.05) is 47.3 Å². The molecule has 0 saturated carbocycles. The predicted molar refractivity (Wildman–Crippen MR) is 141 cm³/mol. The number of aromatic hydroxyl groups is 1. The number of hydrogen-bond acceptors (Lipinski definition) is 5. The molecule has 1 saturated heterocycles. The van der Waals surface area contributed by atoms with E-state index in [0.29, 0.717) is 12.1 Å². The maximum Gasteiger partial charge on any atom is 0.397 e. The Hall–Kier alpha value is -2.98. The normalized spacial score (nSPS) is 20.3. The summed E-state index contributed by atoms with van der Waals surface area (Å²) in [5.74, 6) is -3.56. The molecule has 1 heterocycles. The van der Waals surface area contributed by atoms with Gasteiger partial charge in [0.1, 0.15) is 18.0 Å². The van der Waals surface area contributed by atoms with E-state index in [1.165, 1.54) is 31.3 Å². The molecule has 1 fully saturated rings. The minimum absolute atomic E-state index is 0.0929. The zero-order valence-corrected chi connectivity index (χ0v) is 22.8. The molecule has 214 valence electrons.